The summed E-state index contributed by atoms with van der Waals surface area (Å²) in [5.41, 5.74) is 0.432. The molecule has 1 atom stereocenters. The van der Waals surface area contributed by atoms with E-state index in [9.17, 15) is 14.4 Å². The summed E-state index contributed by atoms with van der Waals surface area (Å²) in [7, 11) is 1.25. The summed E-state index contributed by atoms with van der Waals surface area (Å²) in [6, 6.07) is 2.81. The van der Waals surface area contributed by atoms with Gasteiger partial charge in [-0.3, -0.25) is 19.4 Å². The molecule has 2 aromatic rings. The molecule has 136 valence electrons. The molecule has 0 spiro atoms. The number of esters is 1. The van der Waals surface area contributed by atoms with Gasteiger partial charge in [0.2, 0.25) is 5.91 Å². The number of aromatic nitrogens is 4. The minimum absolute atomic E-state index is 0.126. The van der Waals surface area contributed by atoms with Gasteiger partial charge in [0.05, 0.1) is 19.2 Å². The van der Waals surface area contributed by atoms with Crippen LogP contribution in [0.1, 0.15) is 34.5 Å². The first-order valence-electron chi connectivity index (χ1n) is 8.05. The van der Waals surface area contributed by atoms with Gasteiger partial charge in [-0.1, -0.05) is 0 Å². The Labute approximate surface area is 149 Å². The van der Waals surface area contributed by atoms with Crippen LogP contribution in [0.2, 0.25) is 0 Å². The number of ether oxygens (including phenoxy) is 1. The predicted molar refractivity (Wildman–Crippen MR) is 87.8 cm³/mol. The number of carbonyl (C=O) groups is 3. The fourth-order valence-corrected chi connectivity index (χ4v) is 2.76. The molecule has 1 aliphatic rings. The summed E-state index contributed by atoms with van der Waals surface area (Å²) in [6.45, 7) is -0.0715. The van der Waals surface area contributed by atoms with Crippen molar-refractivity contribution >= 4 is 17.8 Å². The van der Waals surface area contributed by atoms with Crippen molar-refractivity contribution in [2.24, 2.45) is 0 Å². The normalized spacial score (nSPS) is 15.2. The second kappa shape index (κ2) is 7.72. The Hall–Kier alpha value is -3.30. The fraction of sp³-hybridized carbons (Fsp3) is 0.375. The number of hydrogen-bond acceptors (Lipinski definition) is 7. The lowest BCUT2D eigenvalue weighted by atomic mass is 10.2. The third-order valence-electron chi connectivity index (χ3n) is 4.06. The Morgan fingerprint density at radius 2 is 2.15 bits per heavy atom. The molecule has 0 aliphatic carbocycles. The van der Waals surface area contributed by atoms with Crippen LogP contribution in [0, 0.1) is 0 Å². The minimum Gasteiger partial charge on any atom is -0.468 e. The zero-order valence-electron chi connectivity index (χ0n) is 14.1. The molecule has 10 heteroatoms. The third kappa shape index (κ3) is 3.68. The number of nitrogens with one attached hydrogen (secondary N) is 2. The van der Waals surface area contributed by atoms with Crippen molar-refractivity contribution in [3.8, 4) is 0 Å². The SMILES string of the molecule is COC(=O)CNC(=O)C1CCc2nnc(CNC(=O)c3cccnc3)n21. The van der Waals surface area contributed by atoms with Gasteiger partial charge in [0.25, 0.3) is 5.91 Å². The molecule has 26 heavy (non-hydrogen) atoms. The summed E-state index contributed by atoms with van der Waals surface area (Å²) in [5, 5.41) is 13.4. The van der Waals surface area contributed by atoms with Gasteiger partial charge in [0.15, 0.2) is 5.82 Å². The van der Waals surface area contributed by atoms with Gasteiger partial charge in [-0.05, 0) is 18.6 Å². The predicted octanol–water partition coefficient (Wildman–Crippen LogP) is -0.620. The average molecular weight is 358 g/mol. The van der Waals surface area contributed by atoms with E-state index in [0.29, 0.717) is 30.1 Å². The molecule has 3 heterocycles. The number of rotatable bonds is 6. The molecule has 0 saturated heterocycles. The second-order valence-electron chi connectivity index (χ2n) is 5.68. The molecule has 2 N–H and O–H groups in total. The van der Waals surface area contributed by atoms with Gasteiger partial charge < -0.3 is 19.9 Å². The van der Waals surface area contributed by atoms with Crippen LogP contribution < -0.4 is 10.6 Å². The topological polar surface area (TPSA) is 128 Å². The highest BCUT2D eigenvalue weighted by Crippen LogP contribution is 2.26. The van der Waals surface area contributed by atoms with Gasteiger partial charge in [0.1, 0.15) is 18.4 Å². The van der Waals surface area contributed by atoms with E-state index in [2.05, 4.69) is 30.6 Å². The molecule has 3 rings (SSSR count). The lowest BCUT2D eigenvalue weighted by Gasteiger charge is -2.15. The quantitative estimate of drug-likeness (QED) is 0.659. The molecule has 0 bridgehead atoms. The highest BCUT2D eigenvalue weighted by atomic mass is 16.5. The fourth-order valence-electron chi connectivity index (χ4n) is 2.76. The lowest BCUT2D eigenvalue weighted by molar-refractivity contribution is -0.141. The van der Waals surface area contributed by atoms with Crippen LogP contribution in [-0.2, 0) is 27.3 Å². The van der Waals surface area contributed by atoms with Gasteiger partial charge in [-0.25, -0.2) is 0 Å². The number of carbonyl (C=O) groups excluding carboxylic acids is 3. The Bertz CT molecular complexity index is 819. The summed E-state index contributed by atoms with van der Waals surface area (Å²) < 4.78 is 6.22. The zero-order chi connectivity index (χ0) is 18.5. The highest BCUT2D eigenvalue weighted by molar-refractivity contribution is 5.93. The van der Waals surface area contributed by atoms with Crippen LogP contribution in [0.15, 0.2) is 24.5 Å². The van der Waals surface area contributed by atoms with E-state index in [1.165, 1.54) is 13.3 Å². The average Bonchev–Trinajstić information content (AvgIpc) is 3.27. The van der Waals surface area contributed by atoms with Crippen LogP contribution in [0.5, 0.6) is 0 Å². The van der Waals surface area contributed by atoms with Crippen molar-refractivity contribution in [3.05, 3.63) is 41.7 Å². The summed E-state index contributed by atoms with van der Waals surface area (Å²) in [6.07, 6.45) is 4.20. The van der Waals surface area contributed by atoms with Crippen LogP contribution >= 0.6 is 0 Å². The molecule has 0 fully saturated rings. The van der Waals surface area contributed by atoms with E-state index in [4.69, 9.17) is 0 Å². The van der Waals surface area contributed by atoms with Gasteiger partial charge >= 0.3 is 5.97 Å². The maximum absolute atomic E-state index is 12.3. The van der Waals surface area contributed by atoms with Crippen LogP contribution in [0.3, 0.4) is 0 Å². The van der Waals surface area contributed by atoms with Crippen molar-refractivity contribution in [2.75, 3.05) is 13.7 Å². The van der Waals surface area contributed by atoms with Crippen LogP contribution in [0.4, 0.5) is 0 Å². The Kier molecular flexibility index (Phi) is 5.20. The molecule has 2 aromatic heterocycles. The third-order valence-corrected chi connectivity index (χ3v) is 4.06. The van der Waals surface area contributed by atoms with E-state index in [1.54, 1.807) is 22.9 Å². The van der Waals surface area contributed by atoms with Crippen molar-refractivity contribution in [3.63, 3.8) is 0 Å². The minimum atomic E-state index is -0.524. The molecule has 1 aliphatic heterocycles. The van der Waals surface area contributed by atoms with E-state index in [0.717, 1.165) is 0 Å². The molecular weight excluding hydrogens is 340 g/mol. The zero-order valence-corrected chi connectivity index (χ0v) is 14.1. The first kappa shape index (κ1) is 17.5. The number of pyridine rings is 1. The first-order chi connectivity index (χ1) is 12.6. The summed E-state index contributed by atoms with van der Waals surface area (Å²) in [5.74, 6) is 0.0278. The van der Waals surface area contributed by atoms with Crippen molar-refractivity contribution in [1.82, 2.24) is 30.4 Å². The summed E-state index contributed by atoms with van der Waals surface area (Å²) in [4.78, 5) is 39.6. The largest absolute Gasteiger partial charge is 0.468 e. The number of nitrogens with zero attached hydrogens (tertiary/aromatic N) is 4. The lowest BCUT2D eigenvalue weighted by Crippen LogP contribution is -2.36. The molecular formula is C16H18N6O4. The number of methoxy groups -OCH3 is 1. The van der Waals surface area contributed by atoms with E-state index in [-0.39, 0.29) is 24.9 Å². The van der Waals surface area contributed by atoms with Crippen LogP contribution in [0.25, 0.3) is 0 Å². The Balaban J connectivity index is 1.65. The standard InChI is InChI=1S/C16H18N6O4/c1-26-14(23)9-19-16(25)11-4-5-12-20-21-13(22(11)12)8-18-15(24)10-3-2-6-17-7-10/h2-3,6-7,11H,4-5,8-9H2,1H3,(H,18,24)(H,19,25). The van der Waals surface area contributed by atoms with Crippen molar-refractivity contribution < 1.29 is 19.1 Å². The maximum atomic E-state index is 12.3. The van der Waals surface area contributed by atoms with Crippen molar-refractivity contribution in [1.29, 1.82) is 0 Å². The maximum Gasteiger partial charge on any atom is 0.325 e. The van der Waals surface area contributed by atoms with Gasteiger partial charge in [-0.2, -0.15) is 0 Å². The summed E-state index contributed by atoms with van der Waals surface area (Å²) >= 11 is 0. The van der Waals surface area contributed by atoms with Gasteiger partial charge in [0, 0.05) is 18.8 Å². The molecule has 0 saturated carbocycles. The molecule has 0 radical (unpaired) electrons. The number of fused-ring (bicyclic) bond motifs is 1. The smallest absolute Gasteiger partial charge is 0.325 e. The number of aryl methyl sites for hydroxylation is 1. The highest BCUT2D eigenvalue weighted by Gasteiger charge is 2.32. The number of amides is 2. The Morgan fingerprint density at radius 1 is 1.31 bits per heavy atom. The second-order valence-corrected chi connectivity index (χ2v) is 5.68. The number of hydrogen-bond donors (Lipinski definition) is 2. The molecule has 0 aromatic carbocycles. The monoisotopic (exact) mass is 358 g/mol. The Morgan fingerprint density at radius 3 is 2.88 bits per heavy atom. The first-order valence-corrected chi connectivity index (χ1v) is 8.05. The van der Waals surface area contributed by atoms with Crippen LogP contribution in [-0.4, -0.2) is 51.2 Å². The van der Waals surface area contributed by atoms with Gasteiger partial charge in [-0.15, -0.1) is 10.2 Å². The molecule has 1 unspecified atom stereocenters. The molecule has 2 amide bonds. The van der Waals surface area contributed by atoms with Crippen molar-refractivity contribution in [2.45, 2.75) is 25.4 Å². The molecule has 10 nitrogen and oxygen atoms in total. The van der Waals surface area contributed by atoms with E-state index in [1.807, 2.05) is 0 Å². The van der Waals surface area contributed by atoms with E-state index < -0.39 is 12.0 Å². The van der Waals surface area contributed by atoms with E-state index >= 15 is 0 Å².